The van der Waals surface area contributed by atoms with E-state index in [0.717, 1.165) is 19.4 Å². The van der Waals surface area contributed by atoms with Crippen molar-refractivity contribution in [3.8, 4) is 0 Å². The molecule has 0 amide bonds. The Bertz CT molecular complexity index is 97.7. The van der Waals surface area contributed by atoms with Crippen LogP contribution < -0.4 is 0 Å². The van der Waals surface area contributed by atoms with Gasteiger partial charge in [0.2, 0.25) is 4.38 Å². The lowest BCUT2D eigenvalue weighted by atomic mass is 10.4. The van der Waals surface area contributed by atoms with Crippen molar-refractivity contribution in [2.75, 3.05) is 11.8 Å². The quantitative estimate of drug-likeness (QED) is 0.391. The molecule has 0 aliphatic rings. The maximum Gasteiger partial charge on any atom is 0.221 e. The summed E-state index contributed by atoms with van der Waals surface area (Å²) in [5.41, 5.74) is 0. The lowest BCUT2D eigenvalue weighted by Crippen LogP contribution is -1.98. The minimum absolute atomic E-state index is 0.477. The highest BCUT2D eigenvalue weighted by Crippen LogP contribution is 2.07. The fourth-order valence-corrected chi connectivity index (χ4v) is 1.39. The lowest BCUT2D eigenvalue weighted by molar-refractivity contribution is 0.313. The Hall–Kier alpha value is 0.530. The first kappa shape index (κ1) is 10.5. The Morgan fingerprint density at radius 3 is 2.90 bits per heavy atom. The van der Waals surface area contributed by atoms with Gasteiger partial charge in [0.25, 0.3) is 0 Å². The Labute approximate surface area is 76.5 Å². The van der Waals surface area contributed by atoms with Crippen molar-refractivity contribution >= 4 is 40.0 Å². The number of halogens is 1. The van der Waals surface area contributed by atoms with Crippen LogP contribution in [0.5, 0.6) is 0 Å². The highest BCUT2D eigenvalue weighted by Gasteiger charge is 1.94. The van der Waals surface area contributed by atoms with Gasteiger partial charge in [-0.05, 0) is 18.6 Å². The van der Waals surface area contributed by atoms with Crippen molar-refractivity contribution in [3.05, 3.63) is 0 Å². The monoisotopic (exact) mass is 198 g/mol. The summed E-state index contributed by atoms with van der Waals surface area (Å²) in [6, 6.07) is 0. The number of thioether (sulfide) groups is 1. The number of rotatable bonds is 4. The summed E-state index contributed by atoms with van der Waals surface area (Å²) in [6.45, 7) is 2.83. The van der Waals surface area contributed by atoms with Gasteiger partial charge < -0.3 is 4.74 Å². The fraction of sp³-hybridized carbons (Fsp3) is 0.833. The van der Waals surface area contributed by atoms with Crippen LogP contribution in [0.25, 0.3) is 0 Å². The summed E-state index contributed by atoms with van der Waals surface area (Å²) in [5, 5.41) is 0.477. The zero-order chi connectivity index (χ0) is 7.82. The first-order chi connectivity index (χ1) is 4.81. The summed E-state index contributed by atoms with van der Waals surface area (Å²) in [5.74, 6) is 0. The third-order valence-corrected chi connectivity index (χ3v) is 2.15. The first-order valence-corrected chi connectivity index (χ1v) is 5.09. The summed E-state index contributed by atoms with van der Waals surface area (Å²) >= 11 is 11.6. The van der Waals surface area contributed by atoms with Crippen LogP contribution in [0.15, 0.2) is 0 Å². The van der Waals surface area contributed by atoms with Crippen LogP contribution in [0.4, 0.5) is 0 Å². The molecule has 0 atom stereocenters. The largest absolute Gasteiger partial charge is 0.479 e. The molecule has 0 bridgehead atoms. The molecule has 0 saturated heterocycles. The number of thiocarbonyl (C=S) groups is 1. The van der Waals surface area contributed by atoms with Crippen LogP contribution in [-0.4, -0.2) is 16.2 Å². The smallest absolute Gasteiger partial charge is 0.221 e. The standard InChI is InChI=1S/C6H11ClOS2/c1-2-3-4-8-6(9)10-5-7/h2-5H2,1H3. The molecule has 0 spiro atoms. The van der Waals surface area contributed by atoms with Crippen LogP contribution in [0.3, 0.4) is 0 Å². The van der Waals surface area contributed by atoms with Crippen molar-refractivity contribution in [2.45, 2.75) is 19.8 Å². The molecule has 0 fully saturated rings. The van der Waals surface area contributed by atoms with E-state index in [2.05, 4.69) is 6.92 Å². The molecule has 4 heteroatoms. The van der Waals surface area contributed by atoms with Gasteiger partial charge in [-0.2, -0.15) is 0 Å². The van der Waals surface area contributed by atoms with Crippen LogP contribution in [0, 0.1) is 0 Å². The predicted molar refractivity (Wildman–Crippen MR) is 51.8 cm³/mol. The topological polar surface area (TPSA) is 9.23 Å². The second kappa shape index (κ2) is 7.63. The predicted octanol–water partition coefficient (Wildman–Crippen LogP) is 3.02. The van der Waals surface area contributed by atoms with Gasteiger partial charge in [0.1, 0.15) is 0 Å². The summed E-state index contributed by atoms with van der Waals surface area (Å²) < 4.78 is 5.69. The van der Waals surface area contributed by atoms with E-state index >= 15 is 0 Å². The van der Waals surface area contributed by atoms with Gasteiger partial charge in [0, 0.05) is 0 Å². The van der Waals surface area contributed by atoms with Crippen molar-refractivity contribution in [1.82, 2.24) is 0 Å². The summed E-state index contributed by atoms with van der Waals surface area (Å²) in [4.78, 5) is 0. The highest BCUT2D eigenvalue weighted by molar-refractivity contribution is 8.23. The summed E-state index contributed by atoms with van der Waals surface area (Å²) in [6.07, 6.45) is 2.19. The third-order valence-electron chi connectivity index (χ3n) is 0.890. The van der Waals surface area contributed by atoms with E-state index in [1.54, 1.807) is 0 Å². The summed E-state index contributed by atoms with van der Waals surface area (Å²) in [7, 11) is 0. The normalized spacial score (nSPS) is 9.40. The maximum atomic E-state index is 5.40. The van der Waals surface area contributed by atoms with Gasteiger partial charge in [-0.3, -0.25) is 0 Å². The maximum absolute atomic E-state index is 5.40. The average molecular weight is 199 g/mol. The van der Waals surface area contributed by atoms with Gasteiger partial charge in [0.15, 0.2) is 0 Å². The lowest BCUT2D eigenvalue weighted by Gasteiger charge is -2.02. The van der Waals surface area contributed by atoms with E-state index in [4.69, 9.17) is 28.6 Å². The Morgan fingerprint density at radius 1 is 1.70 bits per heavy atom. The van der Waals surface area contributed by atoms with Crippen molar-refractivity contribution in [3.63, 3.8) is 0 Å². The molecule has 0 aromatic heterocycles. The highest BCUT2D eigenvalue weighted by atomic mass is 35.5. The Kier molecular flexibility index (Phi) is 8.04. The van der Waals surface area contributed by atoms with E-state index in [-0.39, 0.29) is 0 Å². The second-order valence-corrected chi connectivity index (χ2v) is 3.87. The fourth-order valence-electron chi connectivity index (χ4n) is 0.386. The van der Waals surface area contributed by atoms with Crippen LogP contribution >= 0.6 is 35.6 Å². The Balaban J connectivity index is 3.05. The van der Waals surface area contributed by atoms with Crippen LogP contribution in [-0.2, 0) is 4.74 Å². The minimum atomic E-state index is 0.477. The van der Waals surface area contributed by atoms with E-state index in [9.17, 15) is 0 Å². The second-order valence-electron chi connectivity index (χ2n) is 1.71. The molecule has 60 valence electrons. The number of hydrogen-bond acceptors (Lipinski definition) is 3. The number of alkyl halides is 1. The average Bonchev–Trinajstić information content (AvgIpc) is 1.89. The molecule has 0 aromatic carbocycles. The molecule has 1 nitrogen and oxygen atoms in total. The molecule has 10 heavy (non-hydrogen) atoms. The molecule has 0 rings (SSSR count). The molecule has 0 aromatic rings. The molecule has 0 N–H and O–H groups in total. The van der Waals surface area contributed by atoms with Gasteiger partial charge in [-0.1, -0.05) is 25.1 Å². The van der Waals surface area contributed by atoms with Crippen LogP contribution in [0.1, 0.15) is 19.8 Å². The molecule has 0 saturated carbocycles. The molecule has 0 radical (unpaired) electrons. The molecule has 0 aliphatic heterocycles. The molecule has 0 aliphatic carbocycles. The minimum Gasteiger partial charge on any atom is -0.479 e. The first-order valence-electron chi connectivity index (χ1n) is 3.16. The zero-order valence-electron chi connectivity index (χ0n) is 5.93. The molecular formula is C6H11ClOS2. The van der Waals surface area contributed by atoms with E-state index < -0.39 is 0 Å². The Morgan fingerprint density at radius 2 is 2.40 bits per heavy atom. The number of ether oxygens (including phenoxy) is 1. The van der Waals surface area contributed by atoms with Crippen molar-refractivity contribution in [1.29, 1.82) is 0 Å². The molecule has 0 unspecified atom stereocenters. The van der Waals surface area contributed by atoms with Crippen LogP contribution in [0.2, 0.25) is 0 Å². The van der Waals surface area contributed by atoms with Crippen molar-refractivity contribution < 1.29 is 4.74 Å². The molecule has 0 heterocycles. The third kappa shape index (κ3) is 6.65. The van der Waals surface area contributed by atoms with E-state index in [1.807, 2.05) is 0 Å². The van der Waals surface area contributed by atoms with E-state index in [0.29, 0.717) is 9.59 Å². The van der Waals surface area contributed by atoms with Gasteiger partial charge in [-0.15, -0.1) is 11.6 Å². The number of hydrogen-bond donors (Lipinski definition) is 0. The van der Waals surface area contributed by atoms with Gasteiger partial charge in [0.05, 0.1) is 11.8 Å². The van der Waals surface area contributed by atoms with Gasteiger partial charge in [-0.25, -0.2) is 0 Å². The van der Waals surface area contributed by atoms with E-state index in [1.165, 1.54) is 11.8 Å². The SMILES string of the molecule is CCCCOC(=S)SCCl. The van der Waals surface area contributed by atoms with Gasteiger partial charge >= 0.3 is 0 Å². The zero-order valence-corrected chi connectivity index (χ0v) is 8.32. The van der Waals surface area contributed by atoms with Crippen molar-refractivity contribution in [2.24, 2.45) is 0 Å². The number of unbranched alkanes of at least 4 members (excludes halogenated alkanes) is 1. The molecular weight excluding hydrogens is 188 g/mol.